The quantitative estimate of drug-likeness (QED) is 0.719. The first-order chi connectivity index (χ1) is 6.37. The predicted octanol–water partition coefficient (Wildman–Crippen LogP) is 2.74. The van der Waals surface area contributed by atoms with Crippen molar-refractivity contribution in [3.63, 3.8) is 0 Å². The van der Waals surface area contributed by atoms with Crippen LogP contribution in [0.4, 0.5) is 0 Å². The van der Waals surface area contributed by atoms with E-state index in [0.29, 0.717) is 10.8 Å². The number of nitrogens with zero attached hydrogens (tertiary/aromatic N) is 1. The van der Waals surface area contributed by atoms with E-state index in [1.54, 1.807) is 0 Å². The van der Waals surface area contributed by atoms with E-state index in [4.69, 9.17) is 5.41 Å². The van der Waals surface area contributed by atoms with Crippen molar-refractivity contribution < 1.29 is 0 Å². The average molecular weight is 194 g/mol. The van der Waals surface area contributed by atoms with Crippen LogP contribution < -0.4 is 0 Å². The van der Waals surface area contributed by atoms with Gasteiger partial charge in [0.05, 0.1) is 5.84 Å². The molecule has 1 aliphatic carbocycles. The fourth-order valence-electron chi connectivity index (χ4n) is 2.94. The van der Waals surface area contributed by atoms with Crippen molar-refractivity contribution in [2.75, 3.05) is 13.1 Å². The summed E-state index contributed by atoms with van der Waals surface area (Å²) in [6.07, 6.45) is 2.18. The van der Waals surface area contributed by atoms with Gasteiger partial charge < -0.3 is 4.90 Å². The normalized spacial score (nSPS) is 29.7. The molecular weight excluding hydrogens is 172 g/mol. The summed E-state index contributed by atoms with van der Waals surface area (Å²) in [5.74, 6) is 1.64. The molecule has 2 nitrogen and oxygen atoms in total. The standard InChI is InChI=1S/C12H22N2/c1-11(2)9(12(11,3)4)8-14-7-5-6-10(14)13/h9,13H,5-8H2,1-4H3. The number of rotatable bonds is 2. The molecule has 2 fully saturated rings. The first-order valence-corrected chi connectivity index (χ1v) is 5.70. The number of nitrogens with one attached hydrogen (secondary N) is 1. The van der Waals surface area contributed by atoms with Crippen molar-refractivity contribution in [1.29, 1.82) is 5.41 Å². The lowest BCUT2D eigenvalue weighted by Crippen LogP contribution is -2.27. The molecule has 0 spiro atoms. The fraction of sp³-hybridized carbons (Fsp3) is 0.917. The molecule has 80 valence electrons. The van der Waals surface area contributed by atoms with Crippen LogP contribution in [0.5, 0.6) is 0 Å². The minimum Gasteiger partial charge on any atom is -0.360 e. The zero-order chi connectivity index (χ0) is 10.6. The van der Waals surface area contributed by atoms with Gasteiger partial charge in [0.25, 0.3) is 0 Å². The maximum Gasteiger partial charge on any atom is 0.0958 e. The van der Waals surface area contributed by atoms with Crippen molar-refractivity contribution >= 4 is 5.84 Å². The van der Waals surface area contributed by atoms with Gasteiger partial charge in [-0.25, -0.2) is 0 Å². The second-order valence-electron chi connectivity index (χ2n) is 5.99. The number of hydrogen-bond acceptors (Lipinski definition) is 1. The minimum absolute atomic E-state index is 0.468. The summed E-state index contributed by atoms with van der Waals surface area (Å²) in [6, 6.07) is 0. The first kappa shape index (κ1) is 10.0. The Morgan fingerprint density at radius 3 is 2.21 bits per heavy atom. The van der Waals surface area contributed by atoms with Crippen LogP contribution >= 0.6 is 0 Å². The molecule has 1 N–H and O–H groups in total. The summed E-state index contributed by atoms with van der Waals surface area (Å²) in [6.45, 7) is 11.7. The van der Waals surface area contributed by atoms with Gasteiger partial charge in [0, 0.05) is 19.5 Å². The van der Waals surface area contributed by atoms with Crippen molar-refractivity contribution in [3.05, 3.63) is 0 Å². The Balaban J connectivity index is 1.97. The second kappa shape index (κ2) is 2.74. The third-order valence-corrected chi connectivity index (χ3v) is 4.95. The molecule has 2 rings (SSSR count). The van der Waals surface area contributed by atoms with Crippen molar-refractivity contribution in [3.8, 4) is 0 Å². The highest BCUT2D eigenvalue weighted by atomic mass is 15.2. The van der Waals surface area contributed by atoms with Gasteiger partial charge >= 0.3 is 0 Å². The monoisotopic (exact) mass is 194 g/mol. The van der Waals surface area contributed by atoms with E-state index in [2.05, 4.69) is 32.6 Å². The molecule has 0 aromatic heterocycles. The van der Waals surface area contributed by atoms with Crippen LogP contribution in [0, 0.1) is 22.2 Å². The van der Waals surface area contributed by atoms with Crippen molar-refractivity contribution in [2.45, 2.75) is 40.5 Å². The van der Waals surface area contributed by atoms with Crippen LogP contribution in [0.1, 0.15) is 40.5 Å². The van der Waals surface area contributed by atoms with Gasteiger partial charge in [-0.05, 0) is 23.2 Å². The Labute approximate surface area is 87.2 Å². The Bertz CT molecular complexity index is 251. The summed E-state index contributed by atoms with van der Waals surface area (Å²) >= 11 is 0. The Morgan fingerprint density at radius 1 is 1.29 bits per heavy atom. The Morgan fingerprint density at radius 2 is 1.86 bits per heavy atom. The highest BCUT2D eigenvalue weighted by Gasteiger charge is 2.64. The number of likely N-dealkylation sites (tertiary alicyclic amines) is 1. The second-order valence-corrected chi connectivity index (χ2v) is 5.99. The lowest BCUT2D eigenvalue weighted by atomic mass is 10.0. The molecule has 1 saturated carbocycles. The van der Waals surface area contributed by atoms with Crippen LogP contribution in [0.25, 0.3) is 0 Å². The van der Waals surface area contributed by atoms with Gasteiger partial charge in [0.15, 0.2) is 0 Å². The first-order valence-electron chi connectivity index (χ1n) is 5.70. The topological polar surface area (TPSA) is 27.1 Å². The van der Waals surface area contributed by atoms with Crippen LogP contribution in [-0.4, -0.2) is 23.8 Å². The van der Waals surface area contributed by atoms with Gasteiger partial charge in [-0.15, -0.1) is 0 Å². The van der Waals surface area contributed by atoms with Gasteiger partial charge in [0.2, 0.25) is 0 Å². The number of hydrogen-bond donors (Lipinski definition) is 1. The molecule has 2 heteroatoms. The third kappa shape index (κ3) is 1.19. The summed E-state index contributed by atoms with van der Waals surface area (Å²) in [5, 5.41) is 7.81. The molecule has 0 bridgehead atoms. The van der Waals surface area contributed by atoms with Gasteiger partial charge in [-0.3, -0.25) is 5.41 Å². The lowest BCUT2D eigenvalue weighted by molar-refractivity contribution is 0.388. The van der Waals surface area contributed by atoms with Gasteiger partial charge in [-0.2, -0.15) is 0 Å². The molecule has 2 aliphatic rings. The van der Waals surface area contributed by atoms with Crippen LogP contribution in [0.3, 0.4) is 0 Å². The average Bonchev–Trinajstić information content (AvgIpc) is 2.46. The third-order valence-electron chi connectivity index (χ3n) is 4.95. The van der Waals surface area contributed by atoms with Crippen molar-refractivity contribution in [2.24, 2.45) is 16.7 Å². The van der Waals surface area contributed by atoms with E-state index in [1.807, 2.05) is 0 Å². The Hall–Kier alpha value is -0.530. The predicted molar refractivity (Wildman–Crippen MR) is 59.6 cm³/mol. The van der Waals surface area contributed by atoms with E-state index in [1.165, 1.54) is 6.42 Å². The van der Waals surface area contributed by atoms with E-state index >= 15 is 0 Å². The Kier molecular flexibility index (Phi) is 1.96. The zero-order valence-corrected chi connectivity index (χ0v) is 9.85. The van der Waals surface area contributed by atoms with Gasteiger partial charge in [-0.1, -0.05) is 27.7 Å². The van der Waals surface area contributed by atoms with E-state index in [-0.39, 0.29) is 0 Å². The molecule has 0 radical (unpaired) electrons. The number of amidine groups is 1. The van der Waals surface area contributed by atoms with Crippen molar-refractivity contribution in [1.82, 2.24) is 4.90 Å². The zero-order valence-electron chi connectivity index (χ0n) is 9.85. The van der Waals surface area contributed by atoms with Gasteiger partial charge in [0.1, 0.15) is 0 Å². The molecule has 0 aromatic carbocycles. The molecule has 0 amide bonds. The van der Waals surface area contributed by atoms with Crippen LogP contribution in [0.15, 0.2) is 0 Å². The summed E-state index contributed by atoms with van der Waals surface area (Å²) < 4.78 is 0. The lowest BCUT2D eigenvalue weighted by Gasteiger charge is -2.18. The minimum atomic E-state index is 0.468. The smallest absolute Gasteiger partial charge is 0.0958 e. The fourth-order valence-corrected chi connectivity index (χ4v) is 2.94. The highest BCUT2D eigenvalue weighted by molar-refractivity contribution is 5.80. The maximum absolute atomic E-state index is 7.81. The molecule has 0 unspecified atom stereocenters. The largest absolute Gasteiger partial charge is 0.360 e. The van der Waals surface area contributed by atoms with Crippen LogP contribution in [-0.2, 0) is 0 Å². The molecule has 1 aliphatic heterocycles. The maximum atomic E-state index is 7.81. The molecule has 14 heavy (non-hydrogen) atoms. The molecule has 1 saturated heterocycles. The van der Waals surface area contributed by atoms with E-state index in [0.717, 1.165) is 31.3 Å². The summed E-state index contributed by atoms with van der Waals surface area (Å²) in [7, 11) is 0. The summed E-state index contributed by atoms with van der Waals surface area (Å²) in [4.78, 5) is 2.28. The highest BCUT2D eigenvalue weighted by Crippen LogP contribution is 2.68. The summed E-state index contributed by atoms with van der Waals surface area (Å²) in [5.41, 5.74) is 0.936. The SMILES string of the molecule is CC1(C)C(CN2CCCC2=N)C1(C)C. The molecule has 1 heterocycles. The molecule has 0 aromatic rings. The van der Waals surface area contributed by atoms with Crippen LogP contribution in [0.2, 0.25) is 0 Å². The van der Waals surface area contributed by atoms with E-state index < -0.39 is 0 Å². The molecular formula is C12H22N2. The molecule has 0 atom stereocenters. The van der Waals surface area contributed by atoms with E-state index in [9.17, 15) is 0 Å².